The maximum atomic E-state index is 14.8. The van der Waals surface area contributed by atoms with Crippen LogP contribution in [0.5, 0.6) is 0 Å². The van der Waals surface area contributed by atoms with Crippen molar-refractivity contribution in [2.75, 3.05) is 25.5 Å². The van der Waals surface area contributed by atoms with Crippen molar-refractivity contribution in [2.45, 2.75) is 32.4 Å². The van der Waals surface area contributed by atoms with Crippen LogP contribution >= 0.6 is 11.6 Å². The van der Waals surface area contributed by atoms with E-state index in [9.17, 15) is 18.4 Å². The summed E-state index contributed by atoms with van der Waals surface area (Å²) >= 11 is 6.31. The zero-order valence-corrected chi connectivity index (χ0v) is 24.5. The standard InChI is InChI=1S/C32H28ClF2N7O2.CH4/c1-37-32(30(36)44)11-13-42(14-12-32)29(43)18-5-8-21(9-6-18)40-31-39-17-19-16-38-28(26-24(34)3-2-4-25(26)35)23-15-20(33)7-10-22(23)27(19)41-31;/h2-10,15,17,37H,11-14,16H2,1H3,(H2,36,44)(H,39,40,41);1H4. The minimum absolute atomic E-state index is 0. The molecule has 0 aliphatic carbocycles. The quantitative estimate of drug-likeness (QED) is 0.259. The Balaban J connectivity index is 0.00000400. The van der Waals surface area contributed by atoms with Crippen LogP contribution in [0.15, 0.2) is 71.9 Å². The number of primary amides is 1. The third-order valence-electron chi connectivity index (χ3n) is 8.21. The van der Waals surface area contributed by atoms with Gasteiger partial charge in [-0.1, -0.05) is 31.2 Å². The normalized spacial score (nSPS) is 15.1. The number of rotatable bonds is 6. The van der Waals surface area contributed by atoms with Crippen LogP contribution in [-0.4, -0.2) is 58.1 Å². The largest absolute Gasteiger partial charge is 0.368 e. The van der Waals surface area contributed by atoms with Crippen molar-refractivity contribution in [2.24, 2.45) is 10.7 Å². The number of anilines is 2. The van der Waals surface area contributed by atoms with Gasteiger partial charge < -0.3 is 21.3 Å². The minimum Gasteiger partial charge on any atom is -0.368 e. The van der Waals surface area contributed by atoms with Crippen LogP contribution in [0.4, 0.5) is 20.4 Å². The molecule has 9 nitrogen and oxygen atoms in total. The second-order valence-electron chi connectivity index (χ2n) is 10.7. The third kappa shape index (κ3) is 6.01. The van der Waals surface area contributed by atoms with E-state index in [4.69, 9.17) is 22.3 Å². The zero-order chi connectivity index (χ0) is 31.0. The third-order valence-corrected chi connectivity index (χ3v) is 8.44. The highest BCUT2D eigenvalue weighted by molar-refractivity contribution is 6.31. The maximum absolute atomic E-state index is 14.8. The fourth-order valence-electron chi connectivity index (χ4n) is 5.64. The van der Waals surface area contributed by atoms with Crippen LogP contribution in [0.1, 0.15) is 47.3 Å². The Hall–Kier alpha value is -4.74. The number of halogens is 3. The zero-order valence-electron chi connectivity index (χ0n) is 23.7. The van der Waals surface area contributed by atoms with Crippen LogP contribution in [-0.2, 0) is 11.3 Å². The molecule has 0 atom stereocenters. The minimum atomic E-state index is -0.799. The van der Waals surface area contributed by atoms with Crippen LogP contribution in [0.25, 0.3) is 11.3 Å². The number of nitrogens with two attached hydrogens (primary N) is 1. The molecule has 12 heteroatoms. The van der Waals surface area contributed by atoms with Crippen molar-refractivity contribution >= 4 is 40.8 Å². The summed E-state index contributed by atoms with van der Waals surface area (Å²) in [6, 6.07) is 15.7. The number of likely N-dealkylation sites (N-methyl/N-ethyl adjacent to an activating group) is 1. The summed E-state index contributed by atoms with van der Waals surface area (Å²) in [7, 11) is 1.70. The summed E-state index contributed by atoms with van der Waals surface area (Å²) in [6.07, 6.45) is 2.51. The van der Waals surface area contributed by atoms with Gasteiger partial charge in [-0.2, -0.15) is 0 Å². The Morgan fingerprint density at radius 1 is 1.00 bits per heavy atom. The number of hydrogen-bond donors (Lipinski definition) is 3. The van der Waals surface area contributed by atoms with Crippen molar-refractivity contribution in [3.8, 4) is 11.3 Å². The topological polar surface area (TPSA) is 126 Å². The van der Waals surface area contributed by atoms with E-state index in [2.05, 4.69) is 20.6 Å². The molecule has 1 aromatic heterocycles. The van der Waals surface area contributed by atoms with Gasteiger partial charge in [0.05, 0.1) is 23.5 Å². The molecule has 2 amide bonds. The molecule has 2 aliphatic heterocycles. The Morgan fingerprint density at radius 2 is 1.69 bits per heavy atom. The van der Waals surface area contributed by atoms with Crippen molar-refractivity contribution in [1.82, 2.24) is 20.2 Å². The average molecular weight is 632 g/mol. The predicted octanol–water partition coefficient (Wildman–Crippen LogP) is 5.49. The molecule has 232 valence electrons. The van der Waals surface area contributed by atoms with Gasteiger partial charge in [0.15, 0.2) is 0 Å². The molecule has 45 heavy (non-hydrogen) atoms. The van der Waals surface area contributed by atoms with Gasteiger partial charge >= 0.3 is 0 Å². The highest BCUT2D eigenvalue weighted by Crippen LogP contribution is 2.35. The molecule has 6 rings (SSSR count). The molecule has 0 bridgehead atoms. The molecule has 3 heterocycles. The highest BCUT2D eigenvalue weighted by atomic mass is 35.5. The van der Waals surface area contributed by atoms with Gasteiger partial charge in [-0.15, -0.1) is 0 Å². The lowest BCUT2D eigenvalue weighted by Gasteiger charge is -2.39. The lowest BCUT2D eigenvalue weighted by atomic mass is 9.86. The molecule has 2 aliphatic rings. The number of carbonyl (C=O) groups is 2. The van der Waals surface area contributed by atoms with Crippen molar-refractivity contribution < 1.29 is 18.4 Å². The number of aromatic nitrogens is 2. The number of aliphatic imine (C=N–C) groups is 1. The monoisotopic (exact) mass is 631 g/mol. The van der Waals surface area contributed by atoms with E-state index in [1.165, 1.54) is 18.2 Å². The van der Waals surface area contributed by atoms with E-state index in [1.54, 1.807) is 60.6 Å². The van der Waals surface area contributed by atoms with E-state index >= 15 is 0 Å². The molecule has 1 saturated heterocycles. The Kier molecular flexibility index (Phi) is 8.94. The summed E-state index contributed by atoms with van der Waals surface area (Å²) in [5, 5.41) is 6.57. The Labute approximate surface area is 264 Å². The first-order valence-electron chi connectivity index (χ1n) is 14.0. The summed E-state index contributed by atoms with van der Waals surface area (Å²) in [5.74, 6) is -1.72. The summed E-state index contributed by atoms with van der Waals surface area (Å²) < 4.78 is 29.6. The van der Waals surface area contributed by atoms with E-state index in [1.807, 2.05) is 0 Å². The van der Waals surface area contributed by atoms with Gasteiger partial charge in [-0.25, -0.2) is 18.7 Å². The van der Waals surface area contributed by atoms with E-state index in [0.29, 0.717) is 64.6 Å². The first kappa shape index (κ1) is 31.7. The Bertz CT molecular complexity index is 1790. The number of hydrogen-bond acceptors (Lipinski definition) is 7. The highest BCUT2D eigenvalue weighted by Gasteiger charge is 2.39. The molecule has 0 spiro atoms. The lowest BCUT2D eigenvalue weighted by molar-refractivity contribution is -0.126. The molecular weight excluding hydrogens is 600 g/mol. The van der Waals surface area contributed by atoms with E-state index in [0.717, 1.165) is 0 Å². The molecule has 4 aromatic rings. The van der Waals surface area contributed by atoms with Crippen molar-refractivity contribution in [3.63, 3.8) is 0 Å². The summed E-state index contributed by atoms with van der Waals surface area (Å²) in [6.45, 7) is 0.924. The summed E-state index contributed by atoms with van der Waals surface area (Å²) in [5.41, 5.74) is 8.13. The number of fused-ring (bicyclic) bond motifs is 3. The lowest BCUT2D eigenvalue weighted by Crippen LogP contribution is -2.60. The fraction of sp³-hybridized carbons (Fsp3) is 0.242. The van der Waals surface area contributed by atoms with Crippen LogP contribution < -0.4 is 16.4 Å². The molecule has 3 aromatic carbocycles. The molecule has 0 unspecified atom stereocenters. The fourth-order valence-corrected chi connectivity index (χ4v) is 5.81. The number of benzene rings is 3. The van der Waals surface area contributed by atoms with Gasteiger partial charge in [0.2, 0.25) is 11.9 Å². The molecule has 4 N–H and O–H groups in total. The number of nitrogens with one attached hydrogen (secondary N) is 2. The van der Waals surface area contributed by atoms with E-state index in [-0.39, 0.29) is 37.1 Å². The number of carbonyl (C=O) groups excluding carboxylic acids is 2. The molecular formula is C33H32ClF2N7O2. The first-order chi connectivity index (χ1) is 21.2. The Morgan fingerprint density at radius 3 is 2.33 bits per heavy atom. The number of amides is 2. The van der Waals surface area contributed by atoms with Crippen LogP contribution in [0.2, 0.25) is 5.02 Å². The van der Waals surface area contributed by atoms with E-state index < -0.39 is 23.1 Å². The predicted molar refractivity (Wildman–Crippen MR) is 171 cm³/mol. The van der Waals surface area contributed by atoms with Gasteiger partial charge in [-0.3, -0.25) is 14.6 Å². The van der Waals surface area contributed by atoms with Gasteiger partial charge in [0, 0.05) is 52.3 Å². The average Bonchev–Trinajstić information content (AvgIpc) is 3.17. The molecule has 0 radical (unpaired) electrons. The van der Waals surface area contributed by atoms with Crippen LogP contribution in [0, 0.1) is 11.6 Å². The number of nitrogens with zero attached hydrogens (tertiary/aromatic N) is 4. The second kappa shape index (κ2) is 12.7. The SMILES string of the molecule is C.CNC1(C(N)=O)CCN(C(=O)c2ccc(Nc3ncc4c(n3)-c3ccc(Cl)cc3C(c3c(F)cccc3F)=NC4)cc2)CC1. The van der Waals surface area contributed by atoms with Crippen molar-refractivity contribution in [1.29, 1.82) is 0 Å². The molecule has 1 fully saturated rings. The number of likely N-dealkylation sites (tertiary alicyclic amines) is 1. The van der Waals surface area contributed by atoms with Gasteiger partial charge in [0.25, 0.3) is 5.91 Å². The second-order valence-corrected chi connectivity index (χ2v) is 11.1. The maximum Gasteiger partial charge on any atom is 0.253 e. The first-order valence-corrected chi connectivity index (χ1v) is 14.4. The molecule has 0 saturated carbocycles. The van der Waals surface area contributed by atoms with Crippen LogP contribution in [0.3, 0.4) is 0 Å². The summed E-state index contributed by atoms with van der Waals surface area (Å²) in [4.78, 5) is 40.5. The van der Waals surface area contributed by atoms with Gasteiger partial charge in [-0.05, 0) is 68.4 Å². The van der Waals surface area contributed by atoms with Gasteiger partial charge in [0.1, 0.15) is 17.2 Å². The van der Waals surface area contributed by atoms with Crippen molar-refractivity contribution in [3.05, 3.63) is 106 Å². The number of piperidine rings is 1. The smallest absolute Gasteiger partial charge is 0.253 e.